The molecule has 0 aliphatic carbocycles. The molecular formula is C16H23NO3. The summed E-state index contributed by atoms with van der Waals surface area (Å²) in [6, 6.07) is 10.1. The standard InChI is InChI=1S/C16H23NO3/c1-2-20-16(18)15(17-10-12-19-13-11-17)9-8-14-6-4-3-5-7-14/h3-7,15H,2,8-13H2,1H3/t15-/m0/s1. The second-order valence-electron chi connectivity index (χ2n) is 4.94. The lowest BCUT2D eigenvalue weighted by Crippen LogP contribution is -2.48. The van der Waals surface area contributed by atoms with E-state index in [1.165, 1.54) is 5.56 Å². The fraction of sp³-hybridized carbons (Fsp3) is 0.562. The summed E-state index contributed by atoms with van der Waals surface area (Å²) in [5, 5.41) is 0. The molecule has 20 heavy (non-hydrogen) atoms. The van der Waals surface area contributed by atoms with Crippen LogP contribution in [0.4, 0.5) is 0 Å². The average Bonchev–Trinajstić information content (AvgIpc) is 2.50. The van der Waals surface area contributed by atoms with Crippen molar-refractivity contribution in [2.24, 2.45) is 0 Å². The Balaban J connectivity index is 1.96. The number of hydrogen-bond acceptors (Lipinski definition) is 4. The van der Waals surface area contributed by atoms with E-state index in [2.05, 4.69) is 17.0 Å². The van der Waals surface area contributed by atoms with Gasteiger partial charge in [0.1, 0.15) is 6.04 Å². The largest absolute Gasteiger partial charge is 0.465 e. The van der Waals surface area contributed by atoms with Gasteiger partial charge in [-0.15, -0.1) is 0 Å². The monoisotopic (exact) mass is 277 g/mol. The molecule has 2 rings (SSSR count). The SMILES string of the molecule is CCOC(=O)[C@H](CCc1ccccc1)N1CCOCC1. The molecule has 0 aromatic heterocycles. The number of aryl methyl sites for hydroxylation is 1. The van der Waals surface area contributed by atoms with Crippen LogP contribution in [0, 0.1) is 0 Å². The molecule has 0 unspecified atom stereocenters. The third-order valence-electron chi connectivity index (χ3n) is 3.59. The molecule has 0 N–H and O–H groups in total. The minimum Gasteiger partial charge on any atom is -0.465 e. The Labute approximate surface area is 120 Å². The van der Waals surface area contributed by atoms with Gasteiger partial charge in [0.15, 0.2) is 0 Å². The first-order valence-corrected chi connectivity index (χ1v) is 7.33. The number of esters is 1. The first-order valence-electron chi connectivity index (χ1n) is 7.33. The van der Waals surface area contributed by atoms with Crippen molar-refractivity contribution in [3.63, 3.8) is 0 Å². The van der Waals surface area contributed by atoms with Gasteiger partial charge < -0.3 is 9.47 Å². The first kappa shape index (κ1) is 15.0. The summed E-state index contributed by atoms with van der Waals surface area (Å²) in [5.74, 6) is -0.106. The van der Waals surface area contributed by atoms with Gasteiger partial charge in [-0.05, 0) is 25.3 Å². The van der Waals surface area contributed by atoms with Gasteiger partial charge in [0, 0.05) is 13.1 Å². The molecule has 4 heteroatoms. The Morgan fingerprint density at radius 1 is 1.30 bits per heavy atom. The Hall–Kier alpha value is -1.39. The molecule has 1 aromatic carbocycles. The number of carbonyl (C=O) groups excluding carboxylic acids is 1. The smallest absolute Gasteiger partial charge is 0.323 e. The second-order valence-corrected chi connectivity index (χ2v) is 4.94. The maximum absolute atomic E-state index is 12.2. The zero-order valence-electron chi connectivity index (χ0n) is 12.1. The minimum atomic E-state index is -0.154. The van der Waals surface area contributed by atoms with Crippen molar-refractivity contribution in [3.05, 3.63) is 35.9 Å². The van der Waals surface area contributed by atoms with E-state index in [9.17, 15) is 4.79 Å². The van der Waals surface area contributed by atoms with Gasteiger partial charge in [-0.25, -0.2) is 0 Å². The number of hydrogen-bond donors (Lipinski definition) is 0. The van der Waals surface area contributed by atoms with Gasteiger partial charge in [0.2, 0.25) is 0 Å². The zero-order valence-corrected chi connectivity index (χ0v) is 12.1. The highest BCUT2D eigenvalue weighted by molar-refractivity contribution is 5.75. The van der Waals surface area contributed by atoms with Crippen molar-refractivity contribution in [1.29, 1.82) is 0 Å². The molecule has 1 heterocycles. The van der Waals surface area contributed by atoms with Gasteiger partial charge in [-0.2, -0.15) is 0 Å². The maximum atomic E-state index is 12.2. The predicted octanol–water partition coefficient (Wildman–Crippen LogP) is 1.88. The molecule has 0 bridgehead atoms. The van der Waals surface area contributed by atoms with E-state index in [4.69, 9.17) is 9.47 Å². The fourth-order valence-electron chi connectivity index (χ4n) is 2.53. The van der Waals surface area contributed by atoms with Crippen LogP contribution in [0.25, 0.3) is 0 Å². The van der Waals surface area contributed by atoms with Crippen molar-refractivity contribution >= 4 is 5.97 Å². The molecule has 0 amide bonds. The van der Waals surface area contributed by atoms with Crippen molar-refractivity contribution in [1.82, 2.24) is 4.90 Å². The van der Waals surface area contributed by atoms with Crippen molar-refractivity contribution < 1.29 is 14.3 Å². The quantitative estimate of drug-likeness (QED) is 0.744. The Morgan fingerprint density at radius 2 is 2.00 bits per heavy atom. The molecule has 110 valence electrons. The highest BCUT2D eigenvalue weighted by atomic mass is 16.5. The van der Waals surface area contributed by atoms with Gasteiger partial charge in [-0.3, -0.25) is 9.69 Å². The molecule has 1 aliphatic rings. The third-order valence-corrected chi connectivity index (χ3v) is 3.59. The topological polar surface area (TPSA) is 38.8 Å². The maximum Gasteiger partial charge on any atom is 0.323 e. The first-order chi connectivity index (χ1) is 9.81. The van der Waals surface area contributed by atoms with Crippen molar-refractivity contribution in [2.45, 2.75) is 25.8 Å². The molecule has 1 atom stereocenters. The van der Waals surface area contributed by atoms with E-state index >= 15 is 0 Å². The van der Waals surface area contributed by atoms with E-state index in [0.717, 1.165) is 25.9 Å². The summed E-state index contributed by atoms with van der Waals surface area (Å²) >= 11 is 0. The number of morpholine rings is 1. The molecule has 4 nitrogen and oxygen atoms in total. The van der Waals surface area contributed by atoms with Crippen molar-refractivity contribution in [2.75, 3.05) is 32.9 Å². The van der Waals surface area contributed by atoms with Gasteiger partial charge in [0.05, 0.1) is 19.8 Å². The molecule has 0 saturated carbocycles. The van der Waals surface area contributed by atoms with Crippen LogP contribution in [0.1, 0.15) is 18.9 Å². The second kappa shape index (κ2) is 8.02. The summed E-state index contributed by atoms with van der Waals surface area (Å²) in [5.41, 5.74) is 1.26. The van der Waals surface area contributed by atoms with E-state index in [-0.39, 0.29) is 12.0 Å². The third kappa shape index (κ3) is 4.32. The number of nitrogens with zero attached hydrogens (tertiary/aromatic N) is 1. The highest BCUT2D eigenvalue weighted by Gasteiger charge is 2.28. The molecule has 0 spiro atoms. The van der Waals surface area contributed by atoms with Crippen LogP contribution >= 0.6 is 0 Å². The number of carbonyl (C=O) groups is 1. The van der Waals surface area contributed by atoms with Crippen LogP contribution in [0.15, 0.2) is 30.3 Å². The fourth-order valence-corrected chi connectivity index (χ4v) is 2.53. The average molecular weight is 277 g/mol. The van der Waals surface area contributed by atoms with Crippen LogP contribution in [0.5, 0.6) is 0 Å². The van der Waals surface area contributed by atoms with E-state index in [0.29, 0.717) is 19.8 Å². The number of ether oxygens (including phenoxy) is 2. The van der Waals surface area contributed by atoms with E-state index in [1.54, 1.807) is 0 Å². The normalized spacial score (nSPS) is 17.6. The molecule has 0 radical (unpaired) electrons. The van der Waals surface area contributed by atoms with Crippen LogP contribution < -0.4 is 0 Å². The molecule has 1 fully saturated rings. The minimum absolute atomic E-state index is 0.106. The molecule has 1 aromatic rings. The Bertz CT molecular complexity index is 401. The van der Waals surface area contributed by atoms with Crippen LogP contribution in [0.3, 0.4) is 0 Å². The summed E-state index contributed by atoms with van der Waals surface area (Å²) in [4.78, 5) is 14.3. The van der Waals surface area contributed by atoms with E-state index in [1.807, 2.05) is 25.1 Å². The predicted molar refractivity (Wildman–Crippen MR) is 77.6 cm³/mol. The lowest BCUT2D eigenvalue weighted by molar-refractivity contribution is -0.151. The van der Waals surface area contributed by atoms with E-state index < -0.39 is 0 Å². The summed E-state index contributed by atoms with van der Waals surface area (Å²) in [6.07, 6.45) is 1.69. The highest BCUT2D eigenvalue weighted by Crippen LogP contribution is 2.13. The zero-order chi connectivity index (χ0) is 14.2. The van der Waals surface area contributed by atoms with Crippen LogP contribution in [-0.4, -0.2) is 49.8 Å². The van der Waals surface area contributed by atoms with Gasteiger partial charge >= 0.3 is 5.97 Å². The van der Waals surface area contributed by atoms with Crippen LogP contribution in [-0.2, 0) is 20.7 Å². The van der Waals surface area contributed by atoms with Crippen molar-refractivity contribution in [3.8, 4) is 0 Å². The number of rotatable bonds is 6. The lowest BCUT2D eigenvalue weighted by Gasteiger charge is -2.33. The molecule has 1 aliphatic heterocycles. The van der Waals surface area contributed by atoms with Gasteiger partial charge in [0.25, 0.3) is 0 Å². The summed E-state index contributed by atoms with van der Waals surface area (Å²) < 4.78 is 10.6. The van der Waals surface area contributed by atoms with Crippen LogP contribution in [0.2, 0.25) is 0 Å². The summed E-state index contributed by atoms with van der Waals surface area (Å²) in [7, 11) is 0. The molecule has 1 saturated heterocycles. The van der Waals surface area contributed by atoms with Gasteiger partial charge in [-0.1, -0.05) is 30.3 Å². The summed E-state index contributed by atoms with van der Waals surface area (Å²) in [6.45, 7) is 5.29. The Morgan fingerprint density at radius 3 is 2.65 bits per heavy atom. The molecular weight excluding hydrogens is 254 g/mol. The lowest BCUT2D eigenvalue weighted by atomic mass is 10.0. The number of benzene rings is 1. The Kier molecular flexibility index (Phi) is 6.02.